The molecule has 0 bridgehead atoms. The zero-order chi connectivity index (χ0) is 14.0. The third-order valence-electron chi connectivity index (χ3n) is 3.34. The maximum absolute atomic E-state index is 11.3. The van der Waals surface area contributed by atoms with Gasteiger partial charge in [0.15, 0.2) is 5.75 Å². The molecule has 1 atom stereocenters. The summed E-state index contributed by atoms with van der Waals surface area (Å²) >= 11 is 3.21. The van der Waals surface area contributed by atoms with Crippen LogP contribution in [0.2, 0.25) is 0 Å². The summed E-state index contributed by atoms with van der Waals surface area (Å²) in [5, 5.41) is 24.4. The molecule has 2 rings (SSSR count). The van der Waals surface area contributed by atoms with Gasteiger partial charge in [0.1, 0.15) is 0 Å². The van der Waals surface area contributed by atoms with Gasteiger partial charge in [-0.05, 0) is 41.4 Å². The summed E-state index contributed by atoms with van der Waals surface area (Å²) < 4.78 is 5.42. The molecule has 1 fully saturated rings. The minimum absolute atomic E-state index is 0.0555. The molecule has 0 aliphatic carbocycles. The van der Waals surface area contributed by atoms with Crippen molar-refractivity contribution in [2.75, 3.05) is 20.2 Å². The van der Waals surface area contributed by atoms with E-state index >= 15 is 0 Å². The third-order valence-corrected chi connectivity index (χ3v) is 3.94. The van der Waals surface area contributed by atoms with Crippen LogP contribution >= 0.6 is 15.9 Å². The first-order valence-corrected chi connectivity index (χ1v) is 6.80. The molecule has 0 amide bonds. The molecule has 104 valence electrons. The van der Waals surface area contributed by atoms with E-state index in [2.05, 4.69) is 21.2 Å². The minimum Gasteiger partial charge on any atom is -0.503 e. The number of hydrogen-bond acceptors (Lipinski definition) is 5. The first-order valence-electron chi connectivity index (χ1n) is 6.00. The molecule has 1 heterocycles. The first-order chi connectivity index (χ1) is 9.06. The van der Waals surface area contributed by atoms with Crippen LogP contribution in [0.25, 0.3) is 0 Å². The largest absolute Gasteiger partial charge is 0.503 e. The molecule has 1 saturated heterocycles. The van der Waals surface area contributed by atoms with E-state index in [1.165, 1.54) is 7.11 Å². The molecule has 1 aromatic rings. The first kappa shape index (κ1) is 14.1. The van der Waals surface area contributed by atoms with Crippen LogP contribution in [0.15, 0.2) is 10.5 Å². The van der Waals surface area contributed by atoms with Crippen molar-refractivity contribution in [1.29, 1.82) is 0 Å². The molecule has 0 aromatic heterocycles. The number of nitro benzene ring substituents is 1. The molecule has 1 unspecified atom stereocenters. The summed E-state index contributed by atoms with van der Waals surface area (Å²) in [6, 6.07) is 1.62. The number of hydrogen-bond donors (Lipinski definition) is 2. The van der Waals surface area contributed by atoms with E-state index < -0.39 is 4.92 Å². The van der Waals surface area contributed by atoms with Crippen molar-refractivity contribution in [2.45, 2.75) is 18.8 Å². The Balaban J connectivity index is 2.57. The number of phenols is 1. The summed E-state index contributed by atoms with van der Waals surface area (Å²) in [7, 11) is 1.32. The quantitative estimate of drug-likeness (QED) is 0.657. The molecule has 19 heavy (non-hydrogen) atoms. The zero-order valence-electron chi connectivity index (χ0n) is 10.5. The lowest BCUT2D eigenvalue weighted by molar-refractivity contribution is -0.386. The summed E-state index contributed by atoms with van der Waals surface area (Å²) in [6.07, 6.45) is 1.86. The van der Waals surface area contributed by atoms with Crippen LogP contribution in [-0.4, -0.2) is 30.2 Å². The van der Waals surface area contributed by atoms with Crippen LogP contribution < -0.4 is 10.1 Å². The maximum Gasteiger partial charge on any atom is 0.318 e. The molecule has 2 N–H and O–H groups in total. The highest BCUT2D eigenvalue weighted by molar-refractivity contribution is 9.10. The van der Waals surface area contributed by atoms with Gasteiger partial charge in [-0.15, -0.1) is 0 Å². The van der Waals surface area contributed by atoms with Crippen LogP contribution in [0, 0.1) is 10.1 Å². The number of aromatic hydroxyl groups is 1. The average molecular weight is 331 g/mol. The molecular formula is C12H15BrN2O4. The van der Waals surface area contributed by atoms with Crippen molar-refractivity contribution < 1.29 is 14.8 Å². The summed E-state index contributed by atoms with van der Waals surface area (Å²) in [5.41, 5.74) is 0.454. The van der Waals surface area contributed by atoms with E-state index in [1.54, 1.807) is 6.07 Å². The number of rotatable bonds is 3. The lowest BCUT2D eigenvalue weighted by Gasteiger charge is -2.23. The zero-order valence-corrected chi connectivity index (χ0v) is 12.1. The molecule has 1 aliphatic rings. The van der Waals surface area contributed by atoms with Crippen molar-refractivity contribution in [1.82, 2.24) is 5.32 Å². The van der Waals surface area contributed by atoms with E-state index in [-0.39, 0.29) is 23.1 Å². The van der Waals surface area contributed by atoms with Gasteiger partial charge >= 0.3 is 5.69 Å². The molecule has 1 aromatic carbocycles. The number of methoxy groups -OCH3 is 1. The summed E-state index contributed by atoms with van der Waals surface area (Å²) in [4.78, 5) is 10.8. The third kappa shape index (κ3) is 2.66. The minimum atomic E-state index is -0.491. The van der Waals surface area contributed by atoms with Crippen molar-refractivity contribution in [2.24, 2.45) is 0 Å². The number of nitrogens with zero attached hydrogens (tertiary/aromatic N) is 1. The van der Waals surface area contributed by atoms with Gasteiger partial charge in [0.25, 0.3) is 0 Å². The highest BCUT2D eigenvalue weighted by Crippen LogP contribution is 2.47. The SMILES string of the molecule is COc1c(O)c(Br)cc(C2CCCNC2)c1[N+](=O)[O-]. The Kier molecular flexibility index (Phi) is 4.26. The van der Waals surface area contributed by atoms with Gasteiger partial charge in [0, 0.05) is 18.0 Å². The lowest BCUT2D eigenvalue weighted by atomic mass is 9.90. The number of nitro groups is 1. The Bertz CT molecular complexity index is 501. The average Bonchev–Trinajstić information content (AvgIpc) is 2.41. The molecule has 7 heteroatoms. The van der Waals surface area contributed by atoms with Gasteiger partial charge in [-0.3, -0.25) is 10.1 Å². The fourth-order valence-corrected chi connectivity index (χ4v) is 2.86. The fourth-order valence-electron chi connectivity index (χ4n) is 2.44. The Morgan fingerprint density at radius 3 is 2.89 bits per heavy atom. The van der Waals surface area contributed by atoms with Crippen molar-refractivity contribution in [3.8, 4) is 11.5 Å². The van der Waals surface area contributed by atoms with Crippen molar-refractivity contribution in [3.63, 3.8) is 0 Å². The Labute approximate surface area is 119 Å². The van der Waals surface area contributed by atoms with Gasteiger partial charge in [0.05, 0.1) is 16.5 Å². The smallest absolute Gasteiger partial charge is 0.318 e. The van der Waals surface area contributed by atoms with Gasteiger partial charge in [-0.2, -0.15) is 0 Å². The van der Waals surface area contributed by atoms with Gasteiger partial charge in [-0.1, -0.05) is 0 Å². The highest BCUT2D eigenvalue weighted by Gasteiger charge is 2.31. The van der Waals surface area contributed by atoms with E-state index in [0.717, 1.165) is 19.4 Å². The van der Waals surface area contributed by atoms with Crippen molar-refractivity contribution in [3.05, 3.63) is 26.2 Å². The maximum atomic E-state index is 11.3. The Hall–Kier alpha value is -1.34. The second-order valence-corrected chi connectivity index (χ2v) is 5.33. The van der Waals surface area contributed by atoms with Crippen LogP contribution in [0.5, 0.6) is 11.5 Å². The van der Waals surface area contributed by atoms with Crippen LogP contribution in [0.1, 0.15) is 24.3 Å². The highest BCUT2D eigenvalue weighted by atomic mass is 79.9. The number of phenolic OH excluding ortho intramolecular Hbond substituents is 1. The van der Waals surface area contributed by atoms with Gasteiger partial charge in [0.2, 0.25) is 5.75 Å². The predicted octanol–water partition coefficient (Wildman–Crippen LogP) is 2.54. The number of piperidine rings is 1. The number of nitrogens with one attached hydrogen (secondary N) is 1. The monoisotopic (exact) mass is 330 g/mol. The van der Waals surface area contributed by atoms with E-state index in [4.69, 9.17) is 4.74 Å². The predicted molar refractivity (Wildman–Crippen MR) is 73.9 cm³/mol. The standard InChI is InChI=1S/C12H15BrN2O4/c1-19-12-10(15(17)18)8(5-9(13)11(12)16)7-3-2-4-14-6-7/h5,7,14,16H,2-4,6H2,1H3. The molecule has 6 nitrogen and oxygen atoms in total. The second kappa shape index (κ2) is 5.75. The van der Waals surface area contributed by atoms with Gasteiger partial charge in [-0.25, -0.2) is 0 Å². The number of halogens is 1. The second-order valence-electron chi connectivity index (χ2n) is 4.48. The Morgan fingerprint density at radius 2 is 2.37 bits per heavy atom. The summed E-state index contributed by atoms with van der Waals surface area (Å²) in [5.74, 6) is -0.262. The summed E-state index contributed by atoms with van der Waals surface area (Å²) in [6.45, 7) is 1.63. The molecule has 0 radical (unpaired) electrons. The van der Waals surface area contributed by atoms with E-state index in [9.17, 15) is 15.2 Å². The van der Waals surface area contributed by atoms with Crippen LogP contribution in [-0.2, 0) is 0 Å². The lowest BCUT2D eigenvalue weighted by Crippen LogP contribution is -2.28. The fraction of sp³-hybridized carbons (Fsp3) is 0.500. The molecular weight excluding hydrogens is 316 g/mol. The van der Waals surface area contributed by atoms with E-state index in [0.29, 0.717) is 16.6 Å². The molecule has 0 spiro atoms. The van der Waals surface area contributed by atoms with Crippen LogP contribution in [0.4, 0.5) is 5.69 Å². The van der Waals surface area contributed by atoms with E-state index in [1.807, 2.05) is 0 Å². The Morgan fingerprint density at radius 1 is 1.63 bits per heavy atom. The number of ether oxygens (including phenoxy) is 1. The van der Waals surface area contributed by atoms with Gasteiger partial charge < -0.3 is 15.2 Å². The topological polar surface area (TPSA) is 84.6 Å². The molecule has 1 aliphatic heterocycles. The normalized spacial score (nSPS) is 19.2. The van der Waals surface area contributed by atoms with Crippen LogP contribution in [0.3, 0.4) is 0 Å². The number of benzene rings is 1. The van der Waals surface area contributed by atoms with Crippen molar-refractivity contribution >= 4 is 21.6 Å². The molecule has 0 saturated carbocycles.